The summed E-state index contributed by atoms with van der Waals surface area (Å²) >= 11 is 0. The van der Waals surface area contributed by atoms with Crippen molar-refractivity contribution in [3.05, 3.63) is 70.3 Å². The minimum Gasteiger partial charge on any atom is -0.440 e. The zero-order chi connectivity index (χ0) is 21.4. The standard InChI is InChI=1S/C22H18N2O6/c1-2-3-10-23-18(25)16-9-8-13(11-17(16)21(23)28)22(29)30-12-24-19(26)14-6-4-5-7-15(14)20(24)27/h4-9,11H,2-3,10,12H2,1H3. The summed E-state index contributed by atoms with van der Waals surface area (Å²) in [6.45, 7) is 1.74. The van der Waals surface area contributed by atoms with Crippen LogP contribution in [0.5, 0.6) is 0 Å². The lowest BCUT2D eigenvalue weighted by atomic mass is 10.1. The number of fused-ring (bicyclic) bond motifs is 2. The number of carbonyl (C=O) groups excluding carboxylic acids is 5. The van der Waals surface area contributed by atoms with Crippen molar-refractivity contribution in [2.24, 2.45) is 0 Å². The van der Waals surface area contributed by atoms with Crippen LogP contribution in [0.4, 0.5) is 0 Å². The summed E-state index contributed by atoms with van der Waals surface area (Å²) in [6.07, 6.45) is 1.53. The van der Waals surface area contributed by atoms with E-state index in [0.29, 0.717) is 13.0 Å². The minimum absolute atomic E-state index is 0.0591. The van der Waals surface area contributed by atoms with E-state index in [9.17, 15) is 24.0 Å². The average molecular weight is 406 g/mol. The van der Waals surface area contributed by atoms with Gasteiger partial charge in [0.2, 0.25) is 0 Å². The number of benzene rings is 2. The molecular formula is C22H18N2O6. The van der Waals surface area contributed by atoms with Crippen LogP contribution in [0, 0.1) is 0 Å². The molecular weight excluding hydrogens is 388 g/mol. The Balaban J connectivity index is 1.47. The van der Waals surface area contributed by atoms with E-state index in [1.54, 1.807) is 12.1 Å². The molecule has 0 unspecified atom stereocenters. The summed E-state index contributed by atoms with van der Waals surface area (Å²) in [5, 5.41) is 0. The van der Waals surface area contributed by atoms with E-state index in [1.165, 1.54) is 35.2 Å². The molecule has 2 heterocycles. The van der Waals surface area contributed by atoms with Crippen molar-refractivity contribution < 1.29 is 28.7 Å². The van der Waals surface area contributed by atoms with Crippen LogP contribution in [-0.4, -0.2) is 52.7 Å². The molecule has 0 bridgehead atoms. The number of esters is 1. The van der Waals surface area contributed by atoms with Gasteiger partial charge in [-0.2, -0.15) is 0 Å². The summed E-state index contributed by atoms with van der Waals surface area (Å²) in [7, 11) is 0. The fraction of sp³-hybridized carbons (Fsp3) is 0.227. The maximum absolute atomic E-state index is 12.5. The smallest absolute Gasteiger partial charge is 0.339 e. The molecule has 0 N–H and O–H groups in total. The highest BCUT2D eigenvalue weighted by molar-refractivity contribution is 6.22. The lowest BCUT2D eigenvalue weighted by Crippen LogP contribution is -2.33. The molecule has 2 aliphatic rings. The predicted octanol–water partition coefficient (Wildman–Crippen LogP) is 2.49. The summed E-state index contributed by atoms with van der Waals surface area (Å²) < 4.78 is 5.13. The SMILES string of the molecule is CCCCN1C(=O)c2ccc(C(=O)OCN3C(=O)c4ccccc4C3=O)cc2C1=O. The zero-order valence-corrected chi connectivity index (χ0v) is 16.2. The molecule has 4 amide bonds. The van der Waals surface area contributed by atoms with Gasteiger partial charge in [-0.1, -0.05) is 25.5 Å². The van der Waals surface area contributed by atoms with Crippen LogP contribution < -0.4 is 0 Å². The van der Waals surface area contributed by atoms with Crippen molar-refractivity contribution >= 4 is 29.6 Å². The van der Waals surface area contributed by atoms with E-state index < -0.39 is 30.4 Å². The molecule has 0 aliphatic carbocycles. The van der Waals surface area contributed by atoms with Gasteiger partial charge in [0.1, 0.15) is 0 Å². The van der Waals surface area contributed by atoms with Crippen LogP contribution in [0.3, 0.4) is 0 Å². The first-order valence-corrected chi connectivity index (χ1v) is 9.56. The second kappa shape index (κ2) is 7.55. The van der Waals surface area contributed by atoms with Crippen molar-refractivity contribution in [2.45, 2.75) is 19.8 Å². The number of carbonyl (C=O) groups is 5. The number of nitrogens with zero attached hydrogens (tertiary/aromatic N) is 2. The van der Waals surface area contributed by atoms with Crippen molar-refractivity contribution in [3.63, 3.8) is 0 Å². The number of hydrogen-bond donors (Lipinski definition) is 0. The topological polar surface area (TPSA) is 101 Å². The van der Waals surface area contributed by atoms with Crippen molar-refractivity contribution in [1.29, 1.82) is 0 Å². The predicted molar refractivity (Wildman–Crippen MR) is 104 cm³/mol. The maximum atomic E-state index is 12.5. The lowest BCUT2D eigenvalue weighted by molar-refractivity contribution is 0.0227. The van der Waals surface area contributed by atoms with Crippen LogP contribution in [0.2, 0.25) is 0 Å². The van der Waals surface area contributed by atoms with Crippen molar-refractivity contribution in [1.82, 2.24) is 9.80 Å². The molecule has 0 radical (unpaired) electrons. The van der Waals surface area contributed by atoms with Gasteiger partial charge in [-0.05, 0) is 36.8 Å². The Morgan fingerprint density at radius 2 is 1.37 bits per heavy atom. The Bertz CT molecular complexity index is 1070. The number of hydrogen-bond acceptors (Lipinski definition) is 6. The molecule has 0 aromatic heterocycles. The molecule has 0 spiro atoms. The van der Waals surface area contributed by atoms with Crippen molar-refractivity contribution in [2.75, 3.05) is 13.3 Å². The Hall–Kier alpha value is -3.81. The number of imide groups is 2. The fourth-order valence-corrected chi connectivity index (χ4v) is 3.50. The molecule has 0 saturated heterocycles. The molecule has 8 heteroatoms. The molecule has 2 aromatic rings. The van der Waals surface area contributed by atoms with Gasteiger partial charge >= 0.3 is 5.97 Å². The summed E-state index contributed by atoms with van der Waals surface area (Å²) in [4.78, 5) is 64.0. The number of amides is 4. The quantitative estimate of drug-likeness (QED) is 0.540. The van der Waals surface area contributed by atoms with E-state index in [4.69, 9.17) is 4.74 Å². The van der Waals surface area contributed by atoms with E-state index in [1.807, 2.05) is 6.92 Å². The van der Waals surface area contributed by atoms with Gasteiger partial charge in [-0.25, -0.2) is 9.69 Å². The van der Waals surface area contributed by atoms with Crippen LogP contribution >= 0.6 is 0 Å². The van der Waals surface area contributed by atoms with E-state index in [0.717, 1.165) is 11.3 Å². The van der Waals surface area contributed by atoms with E-state index in [2.05, 4.69) is 0 Å². The van der Waals surface area contributed by atoms with Gasteiger partial charge in [-0.3, -0.25) is 24.1 Å². The third kappa shape index (κ3) is 3.06. The third-order valence-electron chi connectivity index (χ3n) is 5.14. The molecule has 0 fully saturated rings. The molecule has 8 nitrogen and oxygen atoms in total. The maximum Gasteiger partial charge on any atom is 0.339 e. The Kier molecular flexibility index (Phi) is 4.91. The van der Waals surface area contributed by atoms with Gasteiger partial charge in [-0.15, -0.1) is 0 Å². The van der Waals surface area contributed by atoms with Gasteiger partial charge in [0.05, 0.1) is 27.8 Å². The van der Waals surface area contributed by atoms with Crippen LogP contribution in [0.1, 0.15) is 71.6 Å². The van der Waals surface area contributed by atoms with Crippen LogP contribution in [0.25, 0.3) is 0 Å². The molecule has 152 valence electrons. The number of rotatable bonds is 6. The second-order valence-corrected chi connectivity index (χ2v) is 7.02. The average Bonchev–Trinajstić information content (AvgIpc) is 3.15. The number of ether oxygens (including phenoxy) is 1. The normalized spacial score (nSPS) is 15.0. The summed E-state index contributed by atoms with van der Waals surface area (Å²) in [6, 6.07) is 10.5. The molecule has 30 heavy (non-hydrogen) atoms. The van der Waals surface area contributed by atoms with Gasteiger partial charge in [0, 0.05) is 6.54 Å². The molecule has 0 saturated carbocycles. The minimum atomic E-state index is -0.804. The van der Waals surface area contributed by atoms with E-state index >= 15 is 0 Å². The van der Waals surface area contributed by atoms with Crippen LogP contribution in [-0.2, 0) is 4.74 Å². The fourth-order valence-electron chi connectivity index (χ4n) is 3.50. The Labute approximate surface area is 172 Å². The Morgan fingerprint density at radius 3 is 2.00 bits per heavy atom. The molecule has 2 aliphatic heterocycles. The first kappa shape index (κ1) is 19.5. The summed E-state index contributed by atoms with van der Waals surface area (Å²) in [5.41, 5.74) is 0.961. The monoisotopic (exact) mass is 406 g/mol. The highest BCUT2D eigenvalue weighted by Gasteiger charge is 2.37. The van der Waals surface area contributed by atoms with Gasteiger partial charge < -0.3 is 4.74 Å². The summed E-state index contributed by atoms with van der Waals surface area (Å²) in [5.74, 6) is -2.70. The molecule has 4 rings (SSSR count). The van der Waals surface area contributed by atoms with Crippen molar-refractivity contribution in [3.8, 4) is 0 Å². The molecule has 2 aromatic carbocycles. The third-order valence-corrected chi connectivity index (χ3v) is 5.14. The largest absolute Gasteiger partial charge is 0.440 e. The highest BCUT2D eigenvalue weighted by Crippen LogP contribution is 2.25. The van der Waals surface area contributed by atoms with Gasteiger partial charge in [0.15, 0.2) is 6.73 Å². The second-order valence-electron chi connectivity index (χ2n) is 7.02. The van der Waals surface area contributed by atoms with E-state index in [-0.39, 0.29) is 33.7 Å². The number of unbranched alkanes of at least 4 members (excludes halogenated alkanes) is 1. The van der Waals surface area contributed by atoms with Crippen LogP contribution in [0.15, 0.2) is 42.5 Å². The molecule has 0 atom stereocenters. The first-order chi connectivity index (χ1) is 14.4. The highest BCUT2D eigenvalue weighted by atomic mass is 16.5. The van der Waals surface area contributed by atoms with Gasteiger partial charge in [0.25, 0.3) is 23.6 Å². The first-order valence-electron chi connectivity index (χ1n) is 9.56. The lowest BCUT2D eigenvalue weighted by Gasteiger charge is -2.14. The Morgan fingerprint density at radius 1 is 0.800 bits per heavy atom. The zero-order valence-electron chi connectivity index (χ0n) is 16.2.